The molecule has 0 saturated heterocycles. The normalized spacial score (nSPS) is 14.1. The van der Waals surface area contributed by atoms with Crippen molar-refractivity contribution in [3.8, 4) is 0 Å². The van der Waals surface area contributed by atoms with Gasteiger partial charge in [-0.1, -0.05) is 6.92 Å². The van der Waals surface area contributed by atoms with Crippen LogP contribution >= 0.6 is 22.9 Å². The fraction of sp³-hybridized carbons (Fsp3) is 0.636. The van der Waals surface area contributed by atoms with Crippen molar-refractivity contribution in [1.82, 2.24) is 4.31 Å². The van der Waals surface area contributed by atoms with Gasteiger partial charge in [-0.25, -0.2) is 8.42 Å². The van der Waals surface area contributed by atoms with E-state index in [1.807, 2.05) is 13.8 Å². The second kappa shape index (κ2) is 6.86. The van der Waals surface area contributed by atoms with Gasteiger partial charge in [0.1, 0.15) is 0 Å². The Labute approximate surface area is 118 Å². The number of nitrogens with zero attached hydrogens (tertiary/aromatic N) is 1. The number of rotatable bonds is 7. The summed E-state index contributed by atoms with van der Waals surface area (Å²) in [4.78, 5) is 0.993. The molecule has 18 heavy (non-hydrogen) atoms. The first-order valence-electron chi connectivity index (χ1n) is 5.62. The minimum atomic E-state index is -3.49. The van der Waals surface area contributed by atoms with Crippen LogP contribution in [0.3, 0.4) is 0 Å². The van der Waals surface area contributed by atoms with Crippen molar-refractivity contribution in [3.05, 3.63) is 16.3 Å². The molecule has 0 radical (unpaired) electrons. The molecule has 0 aliphatic rings. The summed E-state index contributed by atoms with van der Waals surface area (Å²) in [6, 6.07) is 1.41. The second-order valence-electron chi connectivity index (χ2n) is 3.85. The van der Waals surface area contributed by atoms with Gasteiger partial charge in [0.15, 0.2) is 0 Å². The summed E-state index contributed by atoms with van der Waals surface area (Å²) in [7, 11) is -1.93. The maximum Gasteiger partial charge on any atom is 0.244 e. The fourth-order valence-electron chi connectivity index (χ4n) is 1.83. The molecule has 1 atom stereocenters. The molecule has 0 aromatic carbocycles. The van der Waals surface area contributed by atoms with Gasteiger partial charge in [0.05, 0.1) is 17.4 Å². The number of sulfonamides is 1. The Morgan fingerprint density at radius 2 is 2.22 bits per heavy atom. The summed E-state index contributed by atoms with van der Waals surface area (Å²) in [5.74, 6) is 0.211. The summed E-state index contributed by atoms with van der Waals surface area (Å²) in [6.45, 7) is 4.42. The monoisotopic (exact) mass is 311 g/mol. The van der Waals surface area contributed by atoms with Crippen LogP contribution in [0.4, 0.5) is 0 Å². The number of likely N-dealkylation sites (N-methyl/N-ethyl adjacent to an activating group) is 1. The van der Waals surface area contributed by atoms with E-state index in [0.29, 0.717) is 22.9 Å². The molecule has 1 unspecified atom stereocenters. The van der Waals surface area contributed by atoms with Crippen LogP contribution in [0.1, 0.15) is 18.7 Å². The quantitative estimate of drug-likeness (QED) is 0.727. The lowest BCUT2D eigenvalue weighted by atomic mass is 10.4. The summed E-state index contributed by atoms with van der Waals surface area (Å²) in [5.41, 5.74) is 0. The highest BCUT2D eigenvalue weighted by atomic mass is 35.5. The predicted octanol–water partition coefficient (Wildman–Crippen LogP) is 2.53. The van der Waals surface area contributed by atoms with Gasteiger partial charge in [0, 0.05) is 24.6 Å². The summed E-state index contributed by atoms with van der Waals surface area (Å²) < 4.78 is 31.5. The van der Waals surface area contributed by atoms with Crippen LogP contribution in [0.5, 0.6) is 0 Å². The van der Waals surface area contributed by atoms with E-state index in [4.69, 9.17) is 16.3 Å². The molecule has 4 nitrogen and oxygen atoms in total. The van der Waals surface area contributed by atoms with E-state index in [2.05, 4.69) is 0 Å². The second-order valence-corrected chi connectivity index (χ2v) is 6.98. The highest BCUT2D eigenvalue weighted by Gasteiger charge is 2.30. The lowest BCUT2D eigenvalue weighted by Crippen LogP contribution is -2.40. The van der Waals surface area contributed by atoms with E-state index in [-0.39, 0.29) is 11.9 Å². The lowest BCUT2D eigenvalue weighted by Gasteiger charge is -2.26. The van der Waals surface area contributed by atoms with Crippen molar-refractivity contribution in [3.63, 3.8) is 0 Å². The SMILES string of the molecule is CCN(C(C)COC)S(=O)(=O)c1ccsc1CCl. The Bertz CT molecular complexity index is 472. The molecule has 0 fully saturated rings. The van der Waals surface area contributed by atoms with Crippen molar-refractivity contribution in [2.24, 2.45) is 0 Å². The Morgan fingerprint density at radius 1 is 1.56 bits per heavy atom. The van der Waals surface area contributed by atoms with Crippen LogP contribution in [-0.4, -0.2) is 39.0 Å². The summed E-state index contributed by atoms with van der Waals surface area (Å²) in [5, 5.41) is 1.75. The fourth-order valence-corrected chi connectivity index (χ4v) is 5.13. The third-order valence-electron chi connectivity index (χ3n) is 2.62. The van der Waals surface area contributed by atoms with Gasteiger partial charge >= 0.3 is 0 Å². The summed E-state index contributed by atoms with van der Waals surface area (Å²) in [6.07, 6.45) is 0. The number of methoxy groups -OCH3 is 1. The molecule has 0 spiro atoms. The molecule has 0 saturated carbocycles. The van der Waals surface area contributed by atoms with Gasteiger partial charge in [0.25, 0.3) is 0 Å². The lowest BCUT2D eigenvalue weighted by molar-refractivity contribution is 0.142. The molecule has 1 rings (SSSR count). The van der Waals surface area contributed by atoms with Crippen LogP contribution < -0.4 is 0 Å². The van der Waals surface area contributed by atoms with E-state index in [9.17, 15) is 8.42 Å². The van der Waals surface area contributed by atoms with E-state index < -0.39 is 10.0 Å². The Kier molecular flexibility index (Phi) is 6.07. The minimum absolute atomic E-state index is 0.201. The Morgan fingerprint density at radius 3 is 2.72 bits per heavy atom. The van der Waals surface area contributed by atoms with Crippen molar-refractivity contribution < 1.29 is 13.2 Å². The molecular formula is C11H18ClNO3S2. The Hall–Kier alpha value is -0.140. The van der Waals surface area contributed by atoms with Gasteiger partial charge in [-0.3, -0.25) is 0 Å². The number of halogens is 1. The van der Waals surface area contributed by atoms with E-state index in [0.717, 1.165) is 0 Å². The molecule has 104 valence electrons. The molecule has 0 bridgehead atoms. The zero-order valence-corrected chi connectivity index (χ0v) is 13.1. The van der Waals surface area contributed by atoms with Gasteiger partial charge in [0.2, 0.25) is 10.0 Å². The van der Waals surface area contributed by atoms with Crippen molar-refractivity contribution in [1.29, 1.82) is 0 Å². The first kappa shape index (κ1) is 15.9. The molecular weight excluding hydrogens is 294 g/mol. The zero-order valence-electron chi connectivity index (χ0n) is 10.7. The van der Waals surface area contributed by atoms with Crippen LogP contribution in [0.2, 0.25) is 0 Å². The topological polar surface area (TPSA) is 46.6 Å². The average Bonchev–Trinajstić information content (AvgIpc) is 2.78. The first-order chi connectivity index (χ1) is 8.48. The van der Waals surface area contributed by atoms with Crippen molar-refractivity contribution >= 4 is 33.0 Å². The van der Waals surface area contributed by atoms with E-state index >= 15 is 0 Å². The molecule has 1 aromatic rings. The van der Waals surface area contributed by atoms with Gasteiger partial charge < -0.3 is 4.74 Å². The first-order valence-corrected chi connectivity index (χ1v) is 8.47. The zero-order chi connectivity index (χ0) is 13.8. The standard InChI is InChI=1S/C11H18ClNO3S2/c1-4-13(9(2)8-16-3)18(14,15)11-5-6-17-10(11)7-12/h5-6,9H,4,7-8H2,1-3H3. The van der Waals surface area contributed by atoms with Crippen LogP contribution in [0.15, 0.2) is 16.3 Å². The van der Waals surface area contributed by atoms with Crippen molar-refractivity contribution in [2.45, 2.75) is 30.7 Å². The van der Waals surface area contributed by atoms with E-state index in [1.54, 1.807) is 18.6 Å². The third kappa shape index (κ3) is 3.24. The molecule has 1 aromatic heterocycles. The summed E-state index contributed by atoms with van der Waals surface area (Å²) >= 11 is 7.13. The van der Waals surface area contributed by atoms with Crippen LogP contribution in [-0.2, 0) is 20.6 Å². The molecule has 1 heterocycles. The minimum Gasteiger partial charge on any atom is -0.383 e. The average molecular weight is 312 g/mol. The Balaban J connectivity index is 3.11. The van der Waals surface area contributed by atoms with Crippen LogP contribution in [0, 0.1) is 0 Å². The smallest absolute Gasteiger partial charge is 0.244 e. The van der Waals surface area contributed by atoms with Gasteiger partial charge in [-0.2, -0.15) is 4.31 Å². The van der Waals surface area contributed by atoms with E-state index in [1.165, 1.54) is 15.6 Å². The number of hydrogen-bond donors (Lipinski definition) is 0. The maximum atomic E-state index is 12.5. The molecule has 0 aliphatic heterocycles. The number of alkyl halides is 1. The highest BCUT2D eigenvalue weighted by molar-refractivity contribution is 7.89. The van der Waals surface area contributed by atoms with Crippen LogP contribution in [0.25, 0.3) is 0 Å². The largest absolute Gasteiger partial charge is 0.383 e. The van der Waals surface area contributed by atoms with Crippen molar-refractivity contribution in [2.75, 3.05) is 20.3 Å². The number of ether oxygens (including phenoxy) is 1. The highest BCUT2D eigenvalue weighted by Crippen LogP contribution is 2.27. The predicted molar refractivity (Wildman–Crippen MR) is 74.8 cm³/mol. The number of thiophene rings is 1. The molecule has 0 N–H and O–H groups in total. The van der Waals surface area contributed by atoms with Gasteiger partial charge in [-0.05, 0) is 18.4 Å². The third-order valence-corrected chi connectivity index (χ3v) is 6.27. The molecule has 7 heteroatoms. The molecule has 0 amide bonds. The maximum absolute atomic E-state index is 12.5. The molecule has 0 aliphatic carbocycles. The number of hydrogen-bond acceptors (Lipinski definition) is 4. The van der Waals surface area contributed by atoms with Gasteiger partial charge in [-0.15, -0.1) is 22.9 Å².